The summed E-state index contributed by atoms with van der Waals surface area (Å²) in [5.41, 5.74) is 2.13. The van der Waals surface area contributed by atoms with Gasteiger partial charge in [0.2, 0.25) is 0 Å². The van der Waals surface area contributed by atoms with Crippen molar-refractivity contribution in [1.29, 1.82) is 0 Å². The van der Waals surface area contributed by atoms with Gasteiger partial charge in [0, 0.05) is 84.3 Å². The fourth-order valence-electron chi connectivity index (χ4n) is 18.5. The first-order valence-corrected chi connectivity index (χ1v) is 32.7. The number of hydrogen-bond acceptors (Lipinski definition) is 18. The molecule has 15 saturated heterocycles. The highest BCUT2D eigenvalue weighted by molar-refractivity contribution is 5.79. The summed E-state index contributed by atoms with van der Waals surface area (Å²) in [6, 6.07) is 0. The van der Waals surface area contributed by atoms with Crippen LogP contribution in [0.5, 0.6) is 0 Å². The summed E-state index contributed by atoms with van der Waals surface area (Å²) in [5, 5.41) is 0. The molecule has 0 aliphatic carbocycles. The molecule has 0 saturated carbocycles. The van der Waals surface area contributed by atoms with Crippen LogP contribution in [-0.2, 0) is 85.4 Å². The maximum Gasteiger partial charge on any atom is 0.308 e. The standard InChI is InChI=1S/C65H96O18/c1-11-30(2)43-23-48-47(73-43)26-52-56(76-48)34(6)28-65(81-52)27-33(5)55(69-10)51(80-65)21-37(66)20-46-45(68-9)25-50-57(77-46)36(8)58-49(74-50)24-44-35(7)31(3)18-38(71-44)12-14-41-32(4)19-40(70-41)16-17-64-29-53-60(82-64)61-62(78-53)63(83-64)59-42(75-61)15-13-39(72-59)22-54(67)79-58/h30-31,33-34,36,38-53,55-63H,4,7,11-29H2,1-3,5-6,8-10H3. The maximum atomic E-state index is 14.7. The van der Waals surface area contributed by atoms with Crippen LogP contribution in [0.4, 0.5) is 0 Å². The van der Waals surface area contributed by atoms with Gasteiger partial charge in [-0.15, -0.1) is 0 Å². The van der Waals surface area contributed by atoms with E-state index in [1.165, 1.54) is 0 Å². The van der Waals surface area contributed by atoms with Crippen molar-refractivity contribution in [2.45, 2.75) is 328 Å². The van der Waals surface area contributed by atoms with E-state index in [1.807, 2.05) is 0 Å². The lowest BCUT2D eigenvalue weighted by Crippen LogP contribution is -2.63. The van der Waals surface area contributed by atoms with E-state index in [0.29, 0.717) is 57.3 Å². The van der Waals surface area contributed by atoms with Crippen LogP contribution in [0.25, 0.3) is 0 Å². The lowest BCUT2D eigenvalue weighted by atomic mass is 9.77. The van der Waals surface area contributed by atoms with Gasteiger partial charge in [0.1, 0.15) is 42.4 Å². The molecule has 0 aromatic carbocycles. The second kappa shape index (κ2) is 23.1. The van der Waals surface area contributed by atoms with E-state index in [0.717, 1.165) is 62.5 Å². The van der Waals surface area contributed by atoms with E-state index in [2.05, 4.69) is 54.7 Å². The first kappa shape index (κ1) is 58.7. The molecule has 2 spiro atoms. The molecule has 15 fully saturated rings. The van der Waals surface area contributed by atoms with Crippen molar-refractivity contribution in [3.63, 3.8) is 0 Å². The molecule has 0 aromatic rings. The van der Waals surface area contributed by atoms with Gasteiger partial charge in [0.25, 0.3) is 0 Å². The van der Waals surface area contributed by atoms with Gasteiger partial charge >= 0.3 is 5.97 Å². The highest BCUT2D eigenvalue weighted by atomic mass is 16.8. The largest absolute Gasteiger partial charge is 0.459 e. The number of esters is 1. The molecular weight excluding hydrogens is 1070 g/mol. The van der Waals surface area contributed by atoms with Gasteiger partial charge in [-0.25, -0.2) is 0 Å². The molecule has 0 amide bonds. The number of ether oxygens (including phenoxy) is 16. The molecule has 0 aromatic heterocycles. The van der Waals surface area contributed by atoms with E-state index >= 15 is 0 Å². The van der Waals surface area contributed by atoms with Crippen molar-refractivity contribution in [2.24, 2.45) is 29.6 Å². The molecule has 32 atom stereocenters. The Morgan fingerprint density at radius 1 is 0.566 bits per heavy atom. The van der Waals surface area contributed by atoms with Gasteiger partial charge in [-0.3, -0.25) is 9.59 Å². The minimum atomic E-state index is -0.882. The van der Waals surface area contributed by atoms with Crippen molar-refractivity contribution < 1.29 is 85.4 Å². The number of carbonyl (C=O) groups is 2. The van der Waals surface area contributed by atoms with Crippen LogP contribution in [0.3, 0.4) is 0 Å². The molecule has 18 heteroatoms. The quantitative estimate of drug-likeness (QED) is 0.168. The SMILES string of the molecule is C=C1CC2CCC34CC5OC6C(OC7CCC(CC(=O)OC8C(CC9OC(CCC1O2)CC(C)C9=C)OC1CC(OC)C(CC(=O)CC2OC9(CC(C)C2OC)CC(C)C2OC%10CC(C(C)CC)OC%10CC2O9)OC1C8C)OC7C6O3)C5O4. The Labute approximate surface area is 491 Å². The van der Waals surface area contributed by atoms with Crippen molar-refractivity contribution in [3.05, 3.63) is 24.3 Å². The number of carbonyl (C=O) groups excluding carboxylic acids is 2. The zero-order chi connectivity index (χ0) is 57.4. The summed E-state index contributed by atoms with van der Waals surface area (Å²) < 4.78 is 109. The van der Waals surface area contributed by atoms with Crippen LogP contribution in [-0.4, -0.2) is 190 Å². The Morgan fingerprint density at radius 3 is 2.11 bits per heavy atom. The fraction of sp³-hybridized carbons (Fsp3) is 0.908. The van der Waals surface area contributed by atoms with Crippen LogP contribution in [0, 0.1) is 29.6 Å². The predicted octanol–water partition coefficient (Wildman–Crippen LogP) is 8.13. The first-order chi connectivity index (χ1) is 39.9. The summed E-state index contributed by atoms with van der Waals surface area (Å²) in [4.78, 5) is 29.3. The molecule has 83 heavy (non-hydrogen) atoms. The van der Waals surface area contributed by atoms with E-state index in [9.17, 15) is 9.59 Å². The minimum absolute atomic E-state index is 0.00633. The maximum absolute atomic E-state index is 14.7. The fourth-order valence-corrected chi connectivity index (χ4v) is 18.5. The van der Waals surface area contributed by atoms with Crippen LogP contribution in [0.15, 0.2) is 24.3 Å². The summed E-state index contributed by atoms with van der Waals surface area (Å²) in [7, 11) is 3.37. The van der Waals surface area contributed by atoms with Crippen molar-refractivity contribution in [3.8, 4) is 0 Å². The lowest BCUT2D eigenvalue weighted by molar-refractivity contribution is -0.374. The first-order valence-electron chi connectivity index (χ1n) is 32.7. The van der Waals surface area contributed by atoms with Crippen molar-refractivity contribution >= 4 is 11.8 Å². The van der Waals surface area contributed by atoms with Gasteiger partial charge in [-0.1, -0.05) is 61.1 Å². The Kier molecular flexibility index (Phi) is 16.3. The van der Waals surface area contributed by atoms with Crippen LogP contribution >= 0.6 is 0 Å². The monoisotopic (exact) mass is 1160 g/mol. The van der Waals surface area contributed by atoms with E-state index in [-0.39, 0.29) is 146 Å². The van der Waals surface area contributed by atoms with Gasteiger partial charge in [-0.2, -0.15) is 0 Å². The predicted molar refractivity (Wildman–Crippen MR) is 297 cm³/mol. The number of fused-ring (bicyclic) bond motifs is 9. The summed E-state index contributed by atoms with van der Waals surface area (Å²) in [6.07, 6.45) is 5.11. The molecule has 0 radical (unpaired) electrons. The Balaban J connectivity index is 0.679. The summed E-state index contributed by atoms with van der Waals surface area (Å²) in [5.74, 6) is -1.52. The van der Waals surface area contributed by atoms with E-state index < -0.39 is 72.6 Å². The third-order valence-electron chi connectivity index (χ3n) is 23.0. The second-order valence-electron chi connectivity index (χ2n) is 28.6. The van der Waals surface area contributed by atoms with E-state index in [1.54, 1.807) is 14.2 Å². The number of Topliss-reactive ketones (excluding diaryl/α,β-unsaturated/α-hetero) is 1. The molecule has 32 unspecified atom stereocenters. The normalized spacial score (nSPS) is 54.2. The average Bonchev–Trinajstić information content (AvgIpc) is 1.76. The van der Waals surface area contributed by atoms with Crippen LogP contribution in [0.2, 0.25) is 0 Å². The Morgan fingerprint density at radius 2 is 1.29 bits per heavy atom. The topological polar surface area (TPSA) is 182 Å². The molecule has 15 aliphatic rings. The molecule has 15 rings (SSSR count). The average molecular weight is 1170 g/mol. The highest BCUT2D eigenvalue weighted by Gasteiger charge is 2.69. The smallest absolute Gasteiger partial charge is 0.308 e. The van der Waals surface area contributed by atoms with Crippen LogP contribution < -0.4 is 0 Å². The molecule has 0 N–H and O–H groups in total. The molecule has 464 valence electrons. The Bertz CT molecular complexity index is 2410. The van der Waals surface area contributed by atoms with Crippen molar-refractivity contribution in [1.82, 2.24) is 0 Å². The number of rotatable bonds is 8. The molecule has 15 heterocycles. The molecule has 12 bridgehead atoms. The lowest BCUT2D eigenvalue weighted by Gasteiger charge is -2.55. The van der Waals surface area contributed by atoms with Crippen molar-refractivity contribution in [2.75, 3.05) is 14.2 Å². The third-order valence-corrected chi connectivity index (χ3v) is 23.0. The van der Waals surface area contributed by atoms with Gasteiger partial charge in [-0.05, 0) is 79.8 Å². The third kappa shape index (κ3) is 10.9. The van der Waals surface area contributed by atoms with Gasteiger partial charge in [0.15, 0.2) is 11.6 Å². The molecule has 18 nitrogen and oxygen atoms in total. The van der Waals surface area contributed by atoms with Gasteiger partial charge in [0.05, 0.1) is 122 Å². The summed E-state index contributed by atoms with van der Waals surface area (Å²) in [6.45, 7) is 22.3. The highest BCUT2D eigenvalue weighted by Crippen LogP contribution is 2.55. The number of hydrogen-bond donors (Lipinski definition) is 0. The van der Waals surface area contributed by atoms with E-state index in [4.69, 9.17) is 75.8 Å². The Hall–Kier alpha value is -1.98. The second-order valence-corrected chi connectivity index (χ2v) is 28.6. The zero-order valence-corrected chi connectivity index (χ0v) is 50.5. The summed E-state index contributed by atoms with van der Waals surface area (Å²) >= 11 is 0. The van der Waals surface area contributed by atoms with Gasteiger partial charge < -0.3 is 75.8 Å². The molecule has 15 aliphatic heterocycles. The van der Waals surface area contributed by atoms with Crippen LogP contribution in [0.1, 0.15) is 164 Å². The number of methoxy groups -OCH3 is 2. The zero-order valence-electron chi connectivity index (χ0n) is 50.5. The number of ketones is 1. The minimum Gasteiger partial charge on any atom is -0.459 e. The molecular formula is C65H96O18.